The van der Waals surface area contributed by atoms with Crippen molar-refractivity contribution < 1.29 is 4.92 Å². The smallest absolute Gasteiger partial charge is 0.287 e. The van der Waals surface area contributed by atoms with Crippen LogP contribution in [-0.2, 0) is 6.54 Å². The molecule has 20 heavy (non-hydrogen) atoms. The number of hydrogen-bond acceptors (Lipinski definition) is 5. The highest BCUT2D eigenvalue weighted by atomic mass is 16.6. The lowest BCUT2D eigenvalue weighted by atomic mass is 10.2. The number of rotatable bonds is 4. The largest absolute Gasteiger partial charge is 0.352 e. The number of aromatic nitrogens is 3. The molecule has 0 bridgehead atoms. The molecule has 0 N–H and O–H groups in total. The third-order valence-electron chi connectivity index (χ3n) is 3.60. The fraction of sp³-hybridized carbons (Fsp3) is 0.385. The molecule has 1 aliphatic heterocycles. The Balaban J connectivity index is 1.76. The Bertz CT molecular complexity index is 581. The van der Waals surface area contributed by atoms with E-state index < -0.39 is 4.92 Å². The van der Waals surface area contributed by atoms with Crippen molar-refractivity contribution in [3.8, 4) is 0 Å². The maximum atomic E-state index is 10.7. The molecule has 3 heterocycles. The van der Waals surface area contributed by atoms with E-state index in [-0.39, 0.29) is 5.69 Å². The monoisotopic (exact) mass is 273 g/mol. The molecular weight excluding hydrogens is 258 g/mol. The summed E-state index contributed by atoms with van der Waals surface area (Å²) in [6.45, 7) is 1.79. The maximum Gasteiger partial charge on any atom is 0.287 e. The highest BCUT2D eigenvalue weighted by Crippen LogP contribution is 2.25. The molecule has 3 rings (SSSR count). The van der Waals surface area contributed by atoms with E-state index in [4.69, 9.17) is 0 Å². The summed E-state index contributed by atoms with van der Waals surface area (Å²) in [5.41, 5.74) is 0.0270. The van der Waals surface area contributed by atoms with Gasteiger partial charge in [-0.2, -0.15) is 0 Å². The standard InChI is InChI=1S/C13H15N5O2/c19-18(20)11-3-4-13(15-8-11)17-6-1-2-12(17)9-16-7-5-14-10-16/h3-5,7-8,10,12H,1-2,6,9H2. The van der Waals surface area contributed by atoms with Crippen LogP contribution >= 0.6 is 0 Å². The van der Waals surface area contributed by atoms with E-state index in [1.165, 1.54) is 12.3 Å². The van der Waals surface area contributed by atoms with E-state index in [0.29, 0.717) is 6.04 Å². The van der Waals surface area contributed by atoms with Gasteiger partial charge in [0.25, 0.3) is 5.69 Å². The first kappa shape index (κ1) is 12.6. The zero-order chi connectivity index (χ0) is 13.9. The second-order valence-corrected chi connectivity index (χ2v) is 4.88. The average Bonchev–Trinajstić information content (AvgIpc) is 3.11. The second kappa shape index (κ2) is 5.28. The topological polar surface area (TPSA) is 77.1 Å². The Hall–Kier alpha value is -2.44. The first-order valence-electron chi connectivity index (χ1n) is 6.57. The van der Waals surface area contributed by atoms with Gasteiger partial charge in [-0.15, -0.1) is 0 Å². The molecule has 0 spiro atoms. The summed E-state index contributed by atoms with van der Waals surface area (Å²) in [4.78, 5) is 20.7. The van der Waals surface area contributed by atoms with Crippen molar-refractivity contribution in [3.05, 3.63) is 47.2 Å². The number of pyridine rings is 1. The summed E-state index contributed by atoms with van der Waals surface area (Å²) >= 11 is 0. The van der Waals surface area contributed by atoms with Crippen molar-refractivity contribution in [1.29, 1.82) is 0 Å². The molecule has 0 amide bonds. The van der Waals surface area contributed by atoms with E-state index >= 15 is 0 Å². The predicted molar refractivity (Wildman–Crippen MR) is 73.5 cm³/mol. The number of imidazole rings is 1. The minimum absolute atomic E-state index is 0.0270. The Kier molecular flexibility index (Phi) is 3.32. The molecule has 104 valence electrons. The van der Waals surface area contributed by atoms with Crippen LogP contribution in [0.3, 0.4) is 0 Å². The van der Waals surface area contributed by atoms with Crippen LogP contribution < -0.4 is 4.90 Å². The zero-order valence-electron chi connectivity index (χ0n) is 10.9. The van der Waals surface area contributed by atoms with Crippen LogP contribution in [0.15, 0.2) is 37.1 Å². The number of hydrogen-bond donors (Lipinski definition) is 0. The number of nitrogens with zero attached hydrogens (tertiary/aromatic N) is 5. The van der Waals surface area contributed by atoms with Gasteiger partial charge in [0, 0.05) is 37.6 Å². The molecular formula is C13H15N5O2. The quantitative estimate of drug-likeness (QED) is 0.627. The zero-order valence-corrected chi connectivity index (χ0v) is 10.9. The van der Waals surface area contributed by atoms with Gasteiger partial charge in [0.2, 0.25) is 0 Å². The minimum atomic E-state index is -0.427. The molecule has 2 aromatic heterocycles. The lowest BCUT2D eigenvalue weighted by Crippen LogP contribution is -2.33. The van der Waals surface area contributed by atoms with Crippen LogP contribution in [0.5, 0.6) is 0 Å². The molecule has 0 saturated carbocycles. The molecule has 7 nitrogen and oxygen atoms in total. The minimum Gasteiger partial charge on any atom is -0.352 e. The van der Waals surface area contributed by atoms with Gasteiger partial charge in [0.15, 0.2) is 0 Å². The van der Waals surface area contributed by atoms with Gasteiger partial charge in [-0.3, -0.25) is 10.1 Å². The van der Waals surface area contributed by atoms with E-state index in [2.05, 4.69) is 14.9 Å². The van der Waals surface area contributed by atoms with E-state index in [1.54, 1.807) is 18.6 Å². The fourth-order valence-corrected chi connectivity index (χ4v) is 2.62. The van der Waals surface area contributed by atoms with Gasteiger partial charge < -0.3 is 9.47 Å². The van der Waals surface area contributed by atoms with E-state index in [1.807, 2.05) is 10.8 Å². The predicted octanol–water partition coefficient (Wildman–Crippen LogP) is 1.86. The SMILES string of the molecule is O=[N+]([O-])c1ccc(N2CCCC2Cn2ccnc2)nc1. The van der Waals surface area contributed by atoms with Crippen LogP contribution in [0.1, 0.15) is 12.8 Å². The van der Waals surface area contributed by atoms with Gasteiger partial charge in [-0.1, -0.05) is 0 Å². The summed E-state index contributed by atoms with van der Waals surface area (Å²) in [6, 6.07) is 3.59. The molecule has 1 saturated heterocycles. The molecule has 0 aliphatic carbocycles. The van der Waals surface area contributed by atoms with Crippen molar-refractivity contribution in [2.45, 2.75) is 25.4 Å². The van der Waals surface area contributed by atoms with Gasteiger partial charge in [0.1, 0.15) is 12.0 Å². The number of anilines is 1. The third kappa shape index (κ3) is 2.47. The van der Waals surface area contributed by atoms with Crippen LogP contribution in [0, 0.1) is 10.1 Å². The summed E-state index contributed by atoms with van der Waals surface area (Å²) in [5, 5.41) is 10.7. The van der Waals surface area contributed by atoms with E-state index in [9.17, 15) is 10.1 Å². The summed E-state index contributed by atoms with van der Waals surface area (Å²) < 4.78 is 2.05. The molecule has 1 aliphatic rings. The molecule has 7 heteroatoms. The summed E-state index contributed by atoms with van der Waals surface area (Å²) in [5.74, 6) is 0.804. The fourth-order valence-electron chi connectivity index (χ4n) is 2.62. The van der Waals surface area contributed by atoms with Crippen molar-refractivity contribution in [3.63, 3.8) is 0 Å². The molecule has 1 atom stereocenters. The Morgan fingerprint density at radius 2 is 2.35 bits per heavy atom. The van der Waals surface area contributed by atoms with Crippen LogP contribution in [0.4, 0.5) is 11.5 Å². The lowest BCUT2D eigenvalue weighted by Gasteiger charge is -2.25. The summed E-state index contributed by atoms with van der Waals surface area (Å²) in [7, 11) is 0. The second-order valence-electron chi connectivity index (χ2n) is 4.88. The van der Waals surface area contributed by atoms with Crippen molar-refractivity contribution >= 4 is 11.5 Å². The molecule has 1 fully saturated rings. The van der Waals surface area contributed by atoms with Gasteiger partial charge in [0.05, 0.1) is 11.3 Å². The first-order chi connectivity index (χ1) is 9.74. The molecule has 1 unspecified atom stereocenters. The van der Waals surface area contributed by atoms with Gasteiger partial charge in [-0.25, -0.2) is 9.97 Å². The van der Waals surface area contributed by atoms with Crippen LogP contribution in [-0.4, -0.2) is 32.0 Å². The highest BCUT2D eigenvalue weighted by Gasteiger charge is 2.26. The Labute approximate surface area is 116 Å². The highest BCUT2D eigenvalue weighted by molar-refractivity contribution is 5.44. The molecule has 0 aromatic carbocycles. The Morgan fingerprint density at radius 1 is 1.45 bits per heavy atom. The Morgan fingerprint density at radius 3 is 3.00 bits per heavy atom. The third-order valence-corrected chi connectivity index (χ3v) is 3.60. The number of nitro groups is 1. The normalized spacial score (nSPS) is 18.4. The van der Waals surface area contributed by atoms with Crippen LogP contribution in [0.2, 0.25) is 0 Å². The average molecular weight is 273 g/mol. The molecule has 0 radical (unpaired) electrons. The molecule has 2 aromatic rings. The van der Waals surface area contributed by atoms with Gasteiger partial charge in [-0.05, 0) is 18.9 Å². The van der Waals surface area contributed by atoms with Gasteiger partial charge >= 0.3 is 0 Å². The first-order valence-corrected chi connectivity index (χ1v) is 6.57. The summed E-state index contributed by atoms with van der Waals surface area (Å²) in [6.07, 6.45) is 9.04. The lowest BCUT2D eigenvalue weighted by molar-refractivity contribution is -0.385. The van der Waals surface area contributed by atoms with Crippen LogP contribution in [0.25, 0.3) is 0 Å². The maximum absolute atomic E-state index is 10.7. The van der Waals surface area contributed by atoms with Crippen molar-refractivity contribution in [2.24, 2.45) is 0 Å². The van der Waals surface area contributed by atoms with Crippen molar-refractivity contribution in [1.82, 2.24) is 14.5 Å². The van der Waals surface area contributed by atoms with Crippen molar-refractivity contribution in [2.75, 3.05) is 11.4 Å². The van der Waals surface area contributed by atoms with E-state index in [0.717, 1.165) is 31.7 Å².